The maximum atomic E-state index is 6.11. The predicted octanol–water partition coefficient (Wildman–Crippen LogP) is 2.80. The Labute approximate surface area is 187 Å². The summed E-state index contributed by atoms with van der Waals surface area (Å²) in [7, 11) is 3.78. The summed E-state index contributed by atoms with van der Waals surface area (Å²) < 4.78 is 7.00. The summed E-state index contributed by atoms with van der Waals surface area (Å²) in [6.45, 7) is 5.24. The lowest BCUT2D eigenvalue weighted by atomic mass is 9.88. The average Bonchev–Trinajstić information content (AvgIpc) is 3.24. The van der Waals surface area contributed by atoms with Crippen LogP contribution in [-0.4, -0.2) is 58.3 Å². The number of hydrogen-bond donors (Lipinski definition) is 2. The largest absolute Gasteiger partial charge is 0.481 e. The molecule has 1 fully saturated rings. The van der Waals surface area contributed by atoms with Gasteiger partial charge in [-0.2, -0.15) is 0 Å². The Morgan fingerprint density at radius 2 is 1.84 bits per heavy atom. The summed E-state index contributed by atoms with van der Waals surface area (Å²) >= 11 is 0. The molecular formula is C24H27N7O. The number of likely N-dealkylation sites (N-methyl/N-ethyl adjacent to an activating group) is 1. The van der Waals surface area contributed by atoms with Crippen molar-refractivity contribution in [3.63, 3.8) is 0 Å². The molecule has 0 spiro atoms. The Bertz CT molecular complexity index is 1250. The van der Waals surface area contributed by atoms with Crippen LogP contribution in [0.25, 0.3) is 28.0 Å². The third kappa shape index (κ3) is 3.37. The lowest BCUT2D eigenvalue weighted by Crippen LogP contribution is -2.55. The number of fused-ring (bicyclic) bond motifs is 1. The number of nitrogens with two attached hydrogens (primary N) is 1. The summed E-state index contributed by atoms with van der Waals surface area (Å²) in [5.74, 6) is 0.788. The average molecular weight is 430 g/mol. The molecule has 1 atom stereocenters. The third-order valence-corrected chi connectivity index (χ3v) is 6.48. The molecule has 1 aliphatic rings. The van der Waals surface area contributed by atoms with Crippen LogP contribution in [-0.2, 0) is 5.54 Å². The van der Waals surface area contributed by atoms with E-state index in [1.165, 1.54) is 5.56 Å². The molecule has 1 aromatic carbocycles. The molecule has 32 heavy (non-hydrogen) atoms. The number of nitrogens with one attached hydrogen (secondary N) is 1. The van der Waals surface area contributed by atoms with E-state index in [4.69, 9.17) is 10.5 Å². The molecule has 8 heteroatoms. The highest BCUT2D eigenvalue weighted by molar-refractivity contribution is 5.81. The first-order valence-corrected chi connectivity index (χ1v) is 10.7. The fourth-order valence-electron chi connectivity index (χ4n) is 4.37. The fourth-order valence-corrected chi connectivity index (χ4v) is 4.37. The number of nitrogen functional groups attached to an aromatic ring is 1. The second kappa shape index (κ2) is 7.89. The minimum atomic E-state index is -0.0413. The first kappa shape index (κ1) is 20.4. The van der Waals surface area contributed by atoms with Crippen molar-refractivity contribution in [3.05, 3.63) is 60.3 Å². The van der Waals surface area contributed by atoms with E-state index in [9.17, 15) is 0 Å². The Hall–Kier alpha value is -3.49. The van der Waals surface area contributed by atoms with E-state index in [0.717, 1.165) is 47.7 Å². The van der Waals surface area contributed by atoms with Gasteiger partial charge in [-0.3, -0.25) is 4.90 Å². The molecule has 0 saturated carbocycles. The van der Waals surface area contributed by atoms with Crippen molar-refractivity contribution in [1.82, 2.24) is 29.8 Å². The Kier molecular flexibility index (Phi) is 5.03. The van der Waals surface area contributed by atoms with Gasteiger partial charge in [-0.05, 0) is 37.7 Å². The van der Waals surface area contributed by atoms with Crippen LogP contribution in [0.4, 0.5) is 5.95 Å². The number of ether oxygens (including phenoxy) is 1. The first-order valence-electron chi connectivity index (χ1n) is 10.7. The summed E-state index contributed by atoms with van der Waals surface area (Å²) in [5, 5.41) is 7.97. The Balaban J connectivity index is 1.55. The number of benzene rings is 1. The van der Waals surface area contributed by atoms with Crippen molar-refractivity contribution >= 4 is 11.5 Å². The molecule has 8 nitrogen and oxygen atoms in total. The molecule has 3 N–H and O–H groups in total. The van der Waals surface area contributed by atoms with Gasteiger partial charge in [0.1, 0.15) is 5.69 Å². The molecule has 1 unspecified atom stereocenters. The van der Waals surface area contributed by atoms with E-state index >= 15 is 0 Å². The van der Waals surface area contributed by atoms with Gasteiger partial charge in [-0.25, -0.2) is 14.5 Å². The standard InChI is InChI=1S/C24H27N7O/c1-24(15-26-12-13-30(24)2)18-7-4-16(5-8-18)22-20-10-9-19(31(20)29-23(25)28-22)17-6-11-21(32-3)27-14-17/h4-11,14,26H,12-13,15H2,1-3H3,(H2,25,29). The van der Waals surface area contributed by atoms with E-state index in [-0.39, 0.29) is 11.5 Å². The Morgan fingerprint density at radius 1 is 1.06 bits per heavy atom. The highest BCUT2D eigenvalue weighted by Crippen LogP contribution is 2.32. The van der Waals surface area contributed by atoms with Gasteiger partial charge in [0.2, 0.25) is 11.8 Å². The van der Waals surface area contributed by atoms with Crippen molar-refractivity contribution in [2.24, 2.45) is 0 Å². The van der Waals surface area contributed by atoms with Crippen molar-refractivity contribution in [2.45, 2.75) is 12.5 Å². The van der Waals surface area contributed by atoms with E-state index in [2.05, 4.69) is 63.5 Å². The summed E-state index contributed by atoms with van der Waals surface area (Å²) in [6, 6.07) is 16.4. The van der Waals surface area contributed by atoms with Crippen molar-refractivity contribution in [3.8, 4) is 28.4 Å². The molecule has 4 aromatic rings. The molecule has 3 aromatic heterocycles. The molecule has 1 aliphatic heterocycles. The topological polar surface area (TPSA) is 93.6 Å². The predicted molar refractivity (Wildman–Crippen MR) is 125 cm³/mol. The van der Waals surface area contributed by atoms with Crippen molar-refractivity contribution < 1.29 is 4.74 Å². The lowest BCUT2D eigenvalue weighted by molar-refractivity contribution is 0.104. The van der Waals surface area contributed by atoms with E-state index in [0.29, 0.717) is 5.88 Å². The van der Waals surface area contributed by atoms with Crippen LogP contribution >= 0.6 is 0 Å². The van der Waals surface area contributed by atoms with E-state index in [1.54, 1.807) is 13.3 Å². The van der Waals surface area contributed by atoms with Gasteiger partial charge in [0.25, 0.3) is 0 Å². The highest BCUT2D eigenvalue weighted by Gasteiger charge is 2.33. The Morgan fingerprint density at radius 3 is 2.53 bits per heavy atom. The van der Waals surface area contributed by atoms with Crippen LogP contribution < -0.4 is 15.8 Å². The van der Waals surface area contributed by atoms with Gasteiger partial charge in [-0.1, -0.05) is 24.3 Å². The van der Waals surface area contributed by atoms with Crippen LogP contribution in [0.5, 0.6) is 5.88 Å². The minimum absolute atomic E-state index is 0.0413. The van der Waals surface area contributed by atoms with Gasteiger partial charge in [-0.15, -0.1) is 5.10 Å². The number of aromatic nitrogens is 4. The van der Waals surface area contributed by atoms with Gasteiger partial charge in [0.15, 0.2) is 0 Å². The number of hydrogen-bond acceptors (Lipinski definition) is 7. The smallest absolute Gasteiger partial charge is 0.239 e. The van der Waals surface area contributed by atoms with E-state index in [1.807, 2.05) is 28.8 Å². The number of anilines is 1. The third-order valence-electron chi connectivity index (χ3n) is 6.48. The van der Waals surface area contributed by atoms with Gasteiger partial charge >= 0.3 is 0 Å². The number of rotatable bonds is 4. The zero-order valence-electron chi connectivity index (χ0n) is 18.5. The fraction of sp³-hybridized carbons (Fsp3) is 0.292. The van der Waals surface area contributed by atoms with E-state index < -0.39 is 0 Å². The molecule has 0 amide bonds. The SMILES string of the molecule is COc1ccc(-c2ccc3c(-c4ccc(C5(C)CNCCN5C)cc4)nc(N)nn23)cn1. The van der Waals surface area contributed by atoms with Crippen LogP contribution in [0.2, 0.25) is 0 Å². The van der Waals surface area contributed by atoms with Gasteiger partial charge in [0.05, 0.1) is 23.9 Å². The molecule has 0 aliphatic carbocycles. The second-order valence-electron chi connectivity index (χ2n) is 8.37. The maximum Gasteiger partial charge on any atom is 0.239 e. The normalized spacial score (nSPS) is 19.3. The summed E-state index contributed by atoms with van der Waals surface area (Å²) in [4.78, 5) is 11.3. The number of nitrogens with zero attached hydrogens (tertiary/aromatic N) is 5. The molecular weight excluding hydrogens is 402 g/mol. The quantitative estimate of drug-likeness (QED) is 0.515. The monoisotopic (exact) mass is 429 g/mol. The minimum Gasteiger partial charge on any atom is -0.481 e. The van der Waals surface area contributed by atoms with Crippen LogP contribution in [0.3, 0.4) is 0 Å². The first-order chi connectivity index (χ1) is 15.5. The molecule has 164 valence electrons. The second-order valence-corrected chi connectivity index (χ2v) is 8.37. The zero-order chi connectivity index (χ0) is 22.3. The molecule has 0 radical (unpaired) electrons. The van der Waals surface area contributed by atoms with Gasteiger partial charge in [0, 0.05) is 43.0 Å². The number of methoxy groups -OCH3 is 1. The molecule has 5 rings (SSSR count). The lowest BCUT2D eigenvalue weighted by Gasteiger charge is -2.43. The van der Waals surface area contributed by atoms with Crippen molar-refractivity contribution in [1.29, 1.82) is 0 Å². The van der Waals surface area contributed by atoms with Crippen molar-refractivity contribution in [2.75, 3.05) is 39.5 Å². The molecule has 0 bridgehead atoms. The van der Waals surface area contributed by atoms with Crippen LogP contribution in [0, 0.1) is 0 Å². The maximum absolute atomic E-state index is 6.11. The van der Waals surface area contributed by atoms with Crippen LogP contribution in [0.15, 0.2) is 54.7 Å². The number of pyridine rings is 1. The molecule has 4 heterocycles. The zero-order valence-corrected chi connectivity index (χ0v) is 18.5. The number of piperazine rings is 1. The highest BCUT2D eigenvalue weighted by atomic mass is 16.5. The van der Waals surface area contributed by atoms with Gasteiger partial charge < -0.3 is 15.8 Å². The van der Waals surface area contributed by atoms with Crippen LogP contribution in [0.1, 0.15) is 12.5 Å². The summed E-state index contributed by atoms with van der Waals surface area (Å²) in [6.07, 6.45) is 1.77. The molecule has 1 saturated heterocycles. The summed E-state index contributed by atoms with van der Waals surface area (Å²) in [5.41, 5.74) is 11.8.